The fraction of sp³-hybridized carbons (Fsp3) is 0.381. The monoisotopic (exact) mass is 381 g/mol. The summed E-state index contributed by atoms with van der Waals surface area (Å²) in [5, 5.41) is 1.11. The number of hydrogen-bond donors (Lipinski definition) is 1. The van der Waals surface area contributed by atoms with Gasteiger partial charge in [-0.15, -0.1) is 11.3 Å². The molecule has 1 N–H and O–H groups in total. The van der Waals surface area contributed by atoms with Gasteiger partial charge < -0.3 is 9.88 Å². The molecule has 3 heterocycles. The van der Waals surface area contributed by atoms with Crippen molar-refractivity contribution in [1.82, 2.24) is 14.9 Å². The zero-order valence-electron chi connectivity index (χ0n) is 15.8. The maximum Gasteiger partial charge on any atom is 0.270 e. The molecule has 1 unspecified atom stereocenters. The fourth-order valence-corrected chi connectivity index (χ4v) is 5.17. The van der Waals surface area contributed by atoms with Crippen molar-refractivity contribution in [3.63, 3.8) is 0 Å². The number of aromatic amines is 1. The molecule has 0 spiro atoms. The molecule has 1 fully saturated rings. The molecule has 1 saturated heterocycles. The first-order valence-corrected chi connectivity index (χ1v) is 10.1. The molecule has 4 rings (SSSR count). The number of ketones is 1. The maximum absolute atomic E-state index is 13.1. The summed E-state index contributed by atoms with van der Waals surface area (Å²) < 4.78 is 1.19. The number of aryl methyl sites for hydroxylation is 1. The van der Waals surface area contributed by atoms with Crippen LogP contribution in [0.15, 0.2) is 24.3 Å². The highest BCUT2D eigenvalue weighted by atomic mass is 32.1. The number of benzene rings is 1. The number of rotatable bonds is 3. The van der Waals surface area contributed by atoms with Crippen LogP contribution in [0.5, 0.6) is 0 Å². The van der Waals surface area contributed by atoms with Crippen LogP contribution < -0.4 is 0 Å². The smallest absolute Gasteiger partial charge is 0.270 e. The fourth-order valence-electron chi connectivity index (χ4n) is 4.08. The molecule has 0 bridgehead atoms. The lowest BCUT2D eigenvalue weighted by atomic mass is 9.98. The molecule has 6 heteroatoms. The third-order valence-corrected chi connectivity index (χ3v) is 6.57. The van der Waals surface area contributed by atoms with E-state index in [0.29, 0.717) is 17.8 Å². The lowest BCUT2D eigenvalue weighted by Gasteiger charge is -2.31. The van der Waals surface area contributed by atoms with E-state index in [1.807, 2.05) is 36.9 Å². The van der Waals surface area contributed by atoms with Crippen molar-refractivity contribution in [2.75, 3.05) is 13.1 Å². The SMILES string of the molecule is CC(=O)c1c(C)[nH]c(C(=O)N2CCCC(c3nc4ccccc4s3)C2)c1C. The second-order valence-corrected chi connectivity index (χ2v) is 8.35. The summed E-state index contributed by atoms with van der Waals surface area (Å²) in [6, 6.07) is 8.17. The topological polar surface area (TPSA) is 66.1 Å². The van der Waals surface area contributed by atoms with Crippen LogP contribution in [0.1, 0.15) is 62.8 Å². The first-order valence-electron chi connectivity index (χ1n) is 9.30. The van der Waals surface area contributed by atoms with Gasteiger partial charge in [0.1, 0.15) is 5.69 Å². The zero-order chi connectivity index (χ0) is 19.1. The van der Waals surface area contributed by atoms with Gasteiger partial charge in [0.15, 0.2) is 5.78 Å². The molecule has 1 aliphatic rings. The number of nitrogens with one attached hydrogen (secondary N) is 1. The Hall–Kier alpha value is -2.47. The van der Waals surface area contributed by atoms with Crippen LogP contribution >= 0.6 is 11.3 Å². The van der Waals surface area contributed by atoms with E-state index in [2.05, 4.69) is 11.1 Å². The molecule has 1 aliphatic heterocycles. The van der Waals surface area contributed by atoms with Crippen molar-refractivity contribution in [3.05, 3.63) is 51.8 Å². The van der Waals surface area contributed by atoms with Crippen LogP contribution in [0.2, 0.25) is 0 Å². The van der Waals surface area contributed by atoms with Gasteiger partial charge in [-0.05, 0) is 51.3 Å². The molecule has 140 valence electrons. The lowest BCUT2D eigenvalue weighted by Crippen LogP contribution is -2.39. The van der Waals surface area contributed by atoms with Gasteiger partial charge in [-0.2, -0.15) is 0 Å². The van der Waals surface area contributed by atoms with Crippen LogP contribution in [0, 0.1) is 13.8 Å². The molecule has 1 atom stereocenters. The van der Waals surface area contributed by atoms with Gasteiger partial charge in [-0.3, -0.25) is 9.59 Å². The van der Waals surface area contributed by atoms with Crippen LogP contribution in [0.25, 0.3) is 10.2 Å². The van der Waals surface area contributed by atoms with E-state index in [9.17, 15) is 9.59 Å². The number of para-hydroxylation sites is 1. The first-order chi connectivity index (χ1) is 13.0. The lowest BCUT2D eigenvalue weighted by molar-refractivity contribution is 0.0701. The predicted molar refractivity (Wildman–Crippen MR) is 108 cm³/mol. The standard InChI is InChI=1S/C21H23N3O2S/c1-12-18(14(3)25)13(2)22-19(12)21(26)24-10-6-7-15(11-24)20-23-16-8-4-5-9-17(16)27-20/h4-5,8-9,15,22H,6-7,10-11H2,1-3H3. The zero-order valence-corrected chi connectivity index (χ0v) is 16.7. The number of likely N-dealkylation sites (tertiary alicyclic amines) is 1. The minimum Gasteiger partial charge on any atom is -0.354 e. The average Bonchev–Trinajstić information content (AvgIpc) is 3.22. The largest absolute Gasteiger partial charge is 0.354 e. The summed E-state index contributed by atoms with van der Waals surface area (Å²) in [7, 11) is 0. The van der Waals surface area contributed by atoms with Gasteiger partial charge in [0.05, 0.1) is 15.2 Å². The number of H-pyrrole nitrogens is 1. The third kappa shape index (κ3) is 3.18. The number of aromatic nitrogens is 2. The van der Waals surface area contributed by atoms with Gasteiger partial charge in [-0.1, -0.05) is 12.1 Å². The van der Waals surface area contributed by atoms with E-state index in [-0.39, 0.29) is 17.6 Å². The molecular formula is C21H23N3O2S. The normalized spacial score (nSPS) is 17.4. The van der Waals surface area contributed by atoms with Crippen molar-refractivity contribution in [2.24, 2.45) is 0 Å². The van der Waals surface area contributed by atoms with Gasteiger partial charge in [0, 0.05) is 30.3 Å². The number of Topliss-reactive ketones (excluding diaryl/α,β-unsaturated/α-hetero) is 1. The predicted octanol–water partition coefficient (Wildman–Crippen LogP) is 4.46. The Morgan fingerprint density at radius 3 is 2.74 bits per heavy atom. The highest BCUT2D eigenvalue weighted by Crippen LogP contribution is 2.33. The Labute approximate surface area is 162 Å². The molecule has 0 aliphatic carbocycles. The van der Waals surface area contributed by atoms with Crippen LogP contribution in [0.4, 0.5) is 0 Å². The molecule has 0 radical (unpaired) electrons. The van der Waals surface area contributed by atoms with Gasteiger partial charge in [0.25, 0.3) is 5.91 Å². The van der Waals surface area contributed by atoms with Crippen molar-refractivity contribution in [3.8, 4) is 0 Å². The Balaban J connectivity index is 1.58. The number of nitrogens with zero attached hydrogens (tertiary/aromatic N) is 2. The first kappa shape index (κ1) is 17.9. The molecule has 1 aromatic carbocycles. The number of fused-ring (bicyclic) bond motifs is 1. The van der Waals surface area contributed by atoms with E-state index in [0.717, 1.165) is 41.2 Å². The van der Waals surface area contributed by atoms with Crippen LogP contribution in [-0.4, -0.2) is 39.6 Å². The molecule has 27 heavy (non-hydrogen) atoms. The van der Waals surface area contributed by atoms with Crippen LogP contribution in [0.3, 0.4) is 0 Å². The number of piperidine rings is 1. The Morgan fingerprint density at radius 1 is 1.26 bits per heavy atom. The highest BCUT2D eigenvalue weighted by Gasteiger charge is 2.30. The summed E-state index contributed by atoms with van der Waals surface area (Å²) >= 11 is 1.73. The second kappa shape index (κ2) is 6.93. The van der Waals surface area contributed by atoms with E-state index < -0.39 is 0 Å². The molecule has 2 aromatic heterocycles. The van der Waals surface area contributed by atoms with E-state index >= 15 is 0 Å². The minimum absolute atomic E-state index is 0.00806. The molecule has 5 nitrogen and oxygen atoms in total. The summed E-state index contributed by atoms with van der Waals surface area (Å²) in [6.07, 6.45) is 2.01. The minimum atomic E-state index is -0.0195. The highest BCUT2D eigenvalue weighted by molar-refractivity contribution is 7.18. The van der Waals surface area contributed by atoms with Gasteiger partial charge >= 0.3 is 0 Å². The summed E-state index contributed by atoms with van der Waals surface area (Å²) in [4.78, 5) is 34.8. The van der Waals surface area contributed by atoms with Crippen molar-refractivity contribution >= 4 is 33.2 Å². The molecule has 3 aromatic rings. The second-order valence-electron chi connectivity index (χ2n) is 7.29. The quantitative estimate of drug-likeness (QED) is 0.681. The number of amides is 1. The third-order valence-electron chi connectivity index (χ3n) is 5.37. The molecule has 1 amide bonds. The van der Waals surface area contributed by atoms with Crippen molar-refractivity contribution in [2.45, 2.75) is 39.5 Å². The number of carbonyl (C=O) groups excluding carboxylic acids is 2. The summed E-state index contributed by atoms with van der Waals surface area (Å²) in [5.41, 5.74) is 3.74. The summed E-state index contributed by atoms with van der Waals surface area (Å²) in [5.74, 6) is 0.240. The van der Waals surface area contributed by atoms with Crippen LogP contribution in [-0.2, 0) is 0 Å². The summed E-state index contributed by atoms with van der Waals surface area (Å²) in [6.45, 7) is 6.66. The number of carbonyl (C=O) groups is 2. The van der Waals surface area contributed by atoms with Gasteiger partial charge in [-0.25, -0.2) is 4.98 Å². The van der Waals surface area contributed by atoms with E-state index in [4.69, 9.17) is 4.98 Å². The average molecular weight is 382 g/mol. The van der Waals surface area contributed by atoms with E-state index in [1.165, 1.54) is 4.70 Å². The van der Waals surface area contributed by atoms with Gasteiger partial charge in [0.2, 0.25) is 0 Å². The number of hydrogen-bond acceptors (Lipinski definition) is 4. The maximum atomic E-state index is 13.1. The van der Waals surface area contributed by atoms with Crippen molar-refractivity contribution in [1.29, 1.82) is 0 Å². The Bertz CT molecular complexity index is 1000. The van der Waals surface area contributed by atoms with Crippen molar-refractivity contribution < 1.29 is 9.59 Å². The number of thiazole rings is 1. The molecular weight excluding hydrogens is 358 g/mol. The van der Waals surface area contributed by atoms with E-state index in [1.54, 1.807) is 18.3 Å². The Kier molecular flexibility index (Phi) is 4.60. The Morgan fingerprint density at radius 2 is 2.04 bits per heavy atom. The molecule has 0 saturated carbocycles.